The van der Waals surface area contributed by atoms with E-state index < -0.39 is 6.10 Å². The van der Waals surface area contributed by atoms with Gasteiger partial charge in [-0.15, -0.1) is 12.4 Å². The smallest absolute Gasteiger partial charge is 0.241 e. The highest BCUT2D eigenvalue weighted by Crippen LogP contribution is 2.31. The van der Waals surface area contributed by atoms with Crippen LogP contribution in [0.1, 0.15) is 13.3 Å². The fourth-order valence-corrected chi connectivity index (χ4v) is 3.62. The minimum atomic E-state index is -0.439. The van der Waals surface area contributed by atoms with Gasteiger partial charge in [-0.3, -0.25) is 4.79 Å². The van der Waals surface area contributed by atoms with Crippen molar-refractivity contribution in [2.45, 2.75) is 32.0 Å². The maximum Gasteiger partial charge on any atom is 0.241 e. The Morgan fingerprint density at radius 3 is 2.72 bits per heavy atom. The third-order valence-corrected chi connectivity index (χ3v) is 4.78. The number of fused-ring (bicyclic) bond motifs is 3. The zero-order chi connectivity index (χ0) is 16.7. The van der Waals surface area contributed by atoms with Gasteiger partial charge in [-0.25, -0.2) is 0 Å². The van der Waals surface area contributed by atoms with Crippen molar-refractivity contribution >= 4 is 45.8 Å². The fourth-order valence-electron chi connectivity index (χ4n) is 3.62. The Morgan fingerprint density at radius 1 is 1.24 bits per heavy atom. The van der Waals surface area contributed by atoms with Gasteiger partial charge in [-0.2, -0.15) is 0 Å². The number of nitrogens with zero attached hydrogens (tertiary/aromatic N) is 1. The number of carbonyl (C=O) groups is 1. The number of β-amino-alcohol motifs (C(OH)–C–C–N with tert-alkyl or cyclic N) is 1. The van der Waals surface area contributed by atoms with Crippen molar-refractivity contribution in [3.63, 3.8) is 0 Å². The van der Waals surface area contributed by atoms with Crippen LogP contribution in [-0.2, 0) is 11.3 Å². The molecule has 0 aliphatic carbocycles. The summed E-state index contributed by atoms with van der Waals surface area (Å²) in [5.74, 6) is -0.0925. The monoisotopic (exact) mass is 359 g/mol. The molecule has 1 fully saturated rings. The van der Waals surface area contributed by atoms with E-state index in [4.69, 9.17) is 0 Å². The van der Waals surface area contributed by atoms with Gasteiger partial charge in [0.2, 0.25) is 5.91 Å². The number of anilines is 1. The SMILES string of the molecule is CCn1c2ccccc2c2cc(NC(=O)C3CC(O)CN3)ccc21.Cl. The van der Waals surface area contributed by atoms with E-state index in [1.165, 1.54) is 16.4 Å². The first-order chi connectivity index (χ1) is 11.7. The number of aliphatic hydroxyl groups excluding tert-OH is 1. The summed E-state index contributed by atoms with van der Waals surface area (Å²) in [4.78, 5) is 12.3. The number of hydrogen-bond donors (Lipinski definition) is 3. The molecule has 3 aromatic rings. The fraction of sp³-hybridized carbons (Fsp3) is 0.316. The van der Waals surface area contributed by atoms with E-state index in [9.17, 15) is 9.90 Å². The second kappa shape index (κ2) is 7.04. The molecule has 1 aromatic heterocycles. The number of aryl methyl sites for hydroxylation is 1. The van der Waals surface area contributed by atoms with Crippen LogP contribution < -0.4 is 10.6 Å². The minimum absolute atomic E-state index is 0. The van der Waals surface area contributed by atoms with Crippen LogP contribution in [0, 0.1) is 0 Å². The number of aliphatic hydroxyl groups is 1. The van der Waals surface area contributed by atoms with Crippen LogP contribution in [0.3, 0.4) is 0 Å². The highest BCUT2D eigenvalue weighted by Gasteiger charge is 2.28. The van der Waals surface area contributed by atoms with Crippen LogP contribution in [0.5, 0.6) is 0 Å². The summed E-state index contributed by atoms with van der Waals surface area (Å²) in [6.45, 7) is 3.51. The van der Waals surface area contributed by atoms with E-state index in [0.717, 1.165) is 17.6 Å². The lowest BCUT2D eigenvalue weighted by atomic mass is 10.1. The van der Waals surface area contributed by atoms with E-state index >= 15 is 0 Å². The molecular weight excluding hydrogens is 338 g/mol. The van der Waals surface area contributed by atoms with Crippen LogP contribution in [-0.4, -0.2) is 34.3 Å². The third-order valence-electron chi connectivity index (χ3n) is 4.78. The van der Waals surface area contributed by atoms with E-state index in [2.05, 4.69) is 40.3 Å². The Hall–Kier alpha value is -2.08. The molecule has 3 N–H and O–H groups in total. The van der Waals surface area contributed by atoms with E-state index in [1.807, 2.05) is 24.3 Å². The number of aromatic nitrogens is 1. The number of hydrogen-bond acceptors (Lipinski definition) is 3. The number of carbonyl (C=O) groups excluding carboxylic acids is 1. The highest BCUT2D eigenvalue weighted by molar-refractivity contribution is 6.10. The van der Waals surface area contributed by atoms with Gasteiger partial charge in [-0.1, -0.05) is 18.2 Å². The van der Waals surface area contributed by atoms with Crippen molar-refractivity contribution < 1.29 is 9.90 Å². The Balaban J connectivity index is 0.00000182. The zero-order valence-electron chi connectivity index (χ0n) is 14.0. The lowest BCUT2D eigenvalue weighted by Gasteiger charge is -2.11. The van der Waals surface area contributed by atoms with Gasteiger partial charge in [0.1, 0.15) is 0 Å². The molecule has 1 saturated heterocycles. The van der Waals surface area contributed by atoms with Gasteiger partial charge < -0.3 is 20.3 Å². The van der Waals surface area contributed by atoms with Crippen molar-refractivity contribution in [3.8, 4) is 0 Å². The highest BCUT2D eigenvalue weighted by atomic mass is 35.5. The first-order valence-electron chi connectivity index (χ1n) is 8.40. The quantitative estimate of drug-likeness (QED) is 0.673. The molecule has 25 heavy (non-hydrogen) atoms. The first kappa shape index (κ1) is 17.7. The standard InChI is InChI=1S/C19H21N3O2.ClH/c1-2-22-17-6-4-3-5-14(17)15-9-12(7-8-18(15)22)21-19(24)16-10-13(23)11-20-16;/h3-9,13,16,20,23H,2,10-11H2,1H3,(H,21,24);1H. The molecule has 2 heterocycles. The van der Waals surface area contributed by atoms with E-state index in [-0.39, 0.29) is 24.4 Å². The van der Waals surface area contributed by atoms with Crippen LogP contribution >= 0.6 is 12.4 Å². The summed E-state index contributed by atoms with van der Waals surface area (Å²) in [7, 11) is 0. The summed E-state index contributed by atoms with van der Waals surface area (Å²) in [5, 5.41) is 17.9. The largest absolute Gasteiger partial charge is 0.392 e. The Morgan fingerprint density at radius 2 is 2.00 bits per heavy atom. The second-order valence-corrected chi connectivity index (χ2v) is 6.33. The lowest BCUT2D eigenvalue weighted by Crippen LogP contribution is -2.35. The molecule has 5 nitrogen and oxygen atoms in total. The molecule has 132 valence electrons. The zero-order valence-corrected chi connectivity index (χ0v) is 14.8. The number of amides is 1. The normalized spacial score (nSPS) is 19.9. The maximum atomic E-state index is 12.3. The topological polar surface area (TPSA) is 66.3 Å². The van der Waals surface area contributed by atoms with Gasteiger partial charge in [0.15, 0.2) is 0 Å². The van der Waals surface area contributed by atoms with Gasteiger partial charge in [0, 0.05) is 40.6 Å². The molecule has 6 heteroatoms. The molecule has 1 aliphatic rings. The average Bonchev–Trinajstić information content (AvgIpc) is 3.16. The van der Waals surface area contributed by atoms with E-state index in [0.29, 0.717) is 13.0 Å². The summed E-state index contributed by atoms with van der Waals surface area (Å²) < 4.78 is 2.28. The molecule has 0 saturated carbocycles. The lowest BCUT2D eigenvalue weighted by molar-refractivity contribution is -0.117. The Kier molecular flexibility index (Phi) is 4.99. The number of halogens is 1. The summed E-state index contributed by atoms with van der Waals surface area (Å²) in [6, 6.07) is 14.0. The van der Waals surface area contributed by atoms with E-state index in [1.54, 1.807) is 0 Å². The number of benzene rings is 2. The number of rotatable bonds is 3. The first-order valence-corrected chi connectivity index (χ1v) is 8.40. The van der Waals surface area contributed by atoms with Crippen molar-refractivity contribution in [2.24, 2.45) is 0 Å². The van der Waals surface area contributed by atoms with Gasteiger partial charge in [0.05, 0.1) is 12.1 Å². The van der Waals surface area contributed by atoms with Crippen molar-refractivity contribution in [3.05, 3.63) is 42.5 Å². The van der Waals surface area contributed by atoms with Crippen molar-refractivity contribution in [2.75, 3.05) is 11.9 Å². The molecule has 2 unspecified atom stereocenters. The Bertz CT molecular complexity index is 922. The molecule has 2 atom stereocenters. The van der Waals surface area contributed by atoms with Crippen LogP contribution in [0.2, 0.25) is 0 Å². The second-order valence-electron chi connectivity index (χ2n) is 6.33. The summed E-state index contributed by atoms with van der Waals surface area (Å²) >= 11 is 0. The number of para-hydroxylation sites is 1. The van der Waals surface area contributed by atoms with Crippen molar-refractivity contribution in [1.29, 1.82) is 0 Å². The predicted molar refractivity (Wildman–Crippen MR) is 103 cm³/mol. The number of nitrogens with one attached hydrogen (secondary N) is 2. The van der Waals surface area contributed by atoms with Crippen LogP contribution in [0.15, 0.2) is 42.5 Å². The van der Waals surface area contributed by atoms with Gasteiger partial charge >= 0.3 is 0 Å². The Labute approximate surface area is 152 Å². The molecule has 2 aromatic carbocycles. The molecular formula is C19H22ClN3O2. The molecule has 0 spiro atoms. The van der Waals surface area contributed by atoms with Crippen molar-refractivity contribution in [1.82, 2.24) is 9.88 Å². The average molecular weight is 360 g/mol. The van der Waals surface area contributed by atoms with Crippen LogP contribution in [0.4, 0.5) is 5.69 Å². The summed E-state index contributed by atoms with van der Waals surface area (Å²) in [6.07, 6.45) is 0.0224. The van der Waals surface area contributed by atoms with Gasteiger partial charge in [0.25, 0.3) is 0 Å². The molecule has 1 aliphatic heterocycles. The third kappa shape index (κ3) is 3.11. The predicted octanol–water partition coefficient (Wildman–Crippen LogP) is 2.90. The molecule has 1 amide bonds. The minimum Gasteiger partial charge on any atom is -0.392 e. The summed E-state index contributed by atoms with van der Waals surface area (Å²) in [5.41, 5.74) is 3.17. The molecule has 4 rings (SSSR count). The van der Waals surface area contributed by atoms with Gasteiger partial charge in [-0.05, 0) is 37.6 Å². The molecule has 0 bridgehead atoms. The van der Waals surface area contributed by atoms with Crippen LogP contribution in [0.25, 0.3) is 21.8 Å². The maximum absolute atomic E-state index is 12.3. The molecule has 0 radical (unpaired) electrons.